The zero-order chi connectivity index (χ0) is 16.7. The normalized spacial score (nSPS) is 17.3. The second kappa shape index (κ2) is 9.00. The molecule has 1 fully saturated rings. The molecule has 0 aromatic carbocycles. The van der Waals surface area contributed by atoms with E-state index in [2.05, 4.69) is 16.9 Å². The molecule has 0 bridgehead atoms. The third kappa shape index (κ3) is 5.30. The summed E-state index contributed by atoms with van der Waals surface area (Å²) in [6, 6.07) is 4.34. The van der Waals surface area contributed by atoms with Crippen molar-refractivity contribution in [3.8, 4) is 0 Å². The fourth-order valence-electron chi connectivity index (χ4n) is 2.51. The fraction of sp³-hybridized carbons (Fsp3) is 0.625. The van der Waals surface area contributed by atoms with Gasteiger partial charge in [-0.2, -0.15) is 4.99 Å². The molecule has 0 radical (unpaired) electrons. The van der Waals surface area contributed by atoms with E-state index in [1.54, 1.807) is 13.2 Å². The monoisotopic (exact) mass is 339 g/mol. The molecule has 0 atom stereocenters. The van der Waals surface area contributed by atoms with E-state index in [1.807, 2.05) is 23.4 Å². The first-order chi connectivity index (χ1) is 11.1. The molecule has 1 aromatic rings. The van der Waals surface area contributed by atoms with Crippen LogP contribution in [0.4, 0.5) is 0 Å². The van der Waals surface area contributed by atoms with E-state index in [4.69, 9.17) is 9.47 Å². The quantitative estimate of drug-likeness (QED) is 0.466. The van der Waals surface area contributed by atoms with E-state index in [9.17, 15) is 4.79 Å². The molecule has 1 aliphatic heterocycles. The highest BCUT2D eigenvalue weighted by Crippen LogP contribution is 2.16. The van der Waals surface area contributed by atoms with Crippen LogP contribution in [0.3, 0.4) is 0 Å². The minimum atomic E-state index is -0.257. The number of amides is 1. The average molecular weight is 339 g/mol. The smallest absolute Gasteiger partial charge is 0.295 e. The number of methoxy groups -OCH3 is 1. The molecule has 2 rings (SSSR count). The Bertz CT molecular complexity index is 511. The van der Waals surface area contributed by atoms with Crippen LogP contribution in [0, 0.1) is 0 Å². The minimum absolute atomic E-state index is 0.257. The van der Waals surface area contributed by atoms with Crippen molar-refractivity contribution in [2.75, 3.05) is 47.5 Å². The number of rotatable bonds is 5. The van der Waals surface area contributed by atoms with Crippen LogP contribution in [0.15, 0.2) is 22.5 Å². The molecule has 0 aliphatic carbocycles. The Kier molecular flexibility index (Phi) is 7.01. The van der Waals surface area contributed by atoms with Gasteiger partial charge in [-0.25, -0.2) is 0 Å². The van der Waals surface area contributed by atoms with Gasteiger partial charge in [0.15, 0.2) is 0 Å². The van der Waals surface area contributed by atoms with Gasteiger partial charge in [0.2, 0.25) is 0 Å². The number of amidine groups is 1. The second-order valence-electron chi connectivity index (χ2n) is 5.66. The van der Waals surface area contributed by atoms with E-state index in [0.29, 0.717) is 30.2 Å². The lowest BCUT2D eigenvalue weighted by molar-refractivity contribution is 0.0969. The number of nitrogens with zero attached hydrogens (tertiary/aromatic N) is 3. The number of likely N-dealkylation sites (tertiary alicyclic amines) is 1. The third-order valence-corrected chi connectivity index (χ3v) is 4.84. The number of carbonyl (C=O) groups is 1. The Hall–Kier alpha value is -1.44. The van der Waals surface area contributed by atoms with Gasteiger partial charge in [-0.3, -0.25) is 4.79 Å². The summed E-state index contributed by atoms with van der Waals surface area (Å²) < 4.78 is 10.7. The van der Waals surface area contributed by atoms with Crippen LogP contribution < -0.4 is 0 Å². The van der Waals surface area contributed by atoms with Crippen molar-refractivity contribution in [2.45, 2.75) is 18.9 Å². The number of hydrogen-bond acceptors (Lipinski definition) is 5. The third-order valence-electron chi connectivity index (χ3n) is 3.99. The maximum absolute atomic E-state index is 12.3. The summed E-state index contributed by atoms with van der Waals surface area (Å²) in [7, 11) is 5.70. The average Bonchev–Trinajstić information content (AvgIpc) is 3.08. The highest BCUT2D eigenvalue weighted by atomic mass is 32.1. The summed E-state index contributed by atoms with van der Waals surface area (Å²) in [6.45, 7) is 2.93. The second-order valence-corrected chi connectivity index (χ2v) is 6.61. The van der Waals surface area contributed by atoms with Crippen LogP contribution in [0.25, 0.3) is 0 Å². The molecule has 2 heterocycles. The van der Waals surface area contributed by atoms with Crippen LogP contribution in [0.5, 0.6) is 0 Å². The summed E-state index contributed by atoms with van der Waals surface area (Å²) in [6.07, 6.45) is 2.07. The van der Waals surface area contributed by atoms with Crippen LogP contribution in [0.2, 0.25) is 0 Å². The minimum Gasteiger partial charge on any atom is -0.462 e. The topological polar surface area (TPSA) is 54.4 Å². The zero-order valence-corrected chi connectivity index (χ0v) is 14.8. The van der Waals surface area contributed by atoms with E-state index >= 15 is 0 Å². The van der Waals surface area contributed by atoms with Gasteiger partial charge in [-0.15, -0.1) is 11.3 Å². The molecule has 1 saturated heterocycles. The Balaban J connectivity index is 2.07. The highest BCUT2D eigenvalue weighted by molar-refractivity contribution is 7.12. The van der Waals surface area contributed by atoms with Crippen LogP contribution in [-0.2, 0) is 9.47 Å². The summed E-state index contributed by atoms with van der Waals surface area (Å²) in [5.41, 5.74) is 0. The van der Waals surface area contributed by atoms with Crippen LogP contribution in [0.1, 0.15) is 22.5 Å². The lowest BCUT2D eigenvalue weighted by atomic mass is 10.0. The zero-order valence-electron chi connectivity index (χ0n) is 14.0. The number of hydrogen-bond donors (Lipinski definition) is 0. The van der Waals surface area contributed by atoms with Crippen molar-refractivity contribution >= 4 is 23.3 Å². The van der Waals surface area contributed by atoms with Gasteiger partial charge in [-0.1, -0.05) is 6.07 Å². The first-order valence-electron chi connectivity index (χ1n) is 7.81. The maximum atomic E-state index is 12.3. The van der Waals surface area contributed by atoms with Crippen molar-refractivity contribution < 1.29 is 14.3 Å². The Morgan fingerprint density at radius 1 is 1.43 bits per heavy atom. The summed E-state index contributed by atoms with van der Waals surface area (Å²) in [5, 5.41) is 1.87. The molecule has 6 nitrogen and oxygen atoms in total. The molecule has 0 spiro atoms. The first kappa shape index (κ1) is 17.9. The van der Waals surface area contributed by atoms with Gasteiger partial charge >= 0.3 is 0 Å². The summed E-state index contributed by atoms with van der Waals surface area (Å²) in [4.78, 5) is 21.4. The Labute approximate surface area is 141 Å². The van der Waals surface area contributed by atoms with Gasteiger partial charge in [-0.05, 0) is 44.4 Å². The largest absolute Gasteiger partial charge is 0.462 e. The molecular formula is C16H25N3O3S. The number of carbonyl (C=O) groups excluding carboxylic acids is 1. The van der Waals surface area contributed by atoms with Crippen molar-refractivity contribution in [2.24, 2.45) is 4.99 Å². The van der Waals surface area contributed by atoms with E-state index in [0.717, 1.165) is 25.9 Å². The summed E-state index contributed by atoms with van der Waals surface area (Å²) >= 11 is 1.39. The van der Waals surface area contributed by atoms with Crippen LogP contribution >= 0.6 is 11.3 Å². The summed E-state index contributed by atoms with van der Waals surface area (Å²) in [5.74, 6) is -0.257. The molecule has 23 heavy (non-hydrogen) atoms. The predicted molar refractivity (Wildman–Crippen MR) is 92.2 cm³/mol. The number of piperidine rings is 1. The van der Waals surface area contributed by atoms with E-state index in [1.165, 1.54) is 11.3 Å². The van der Waals surface area contributed by atoms with Gasteiger partial charge in [0, 0.05) is 20.2 Å². The SMILES string of the molecule is COCCOC(=NC(=O)c1cccs1)N(C)C1CCN(C)CC1. The Morgan fingerprint density at radius 3 is 2.78 bits per heavy atom. The lowest BCUT2D eigenvalue weighted by Crippen LogP contribution is -2.45. The van der Waals surface area contributed by atoms with Crippen molar-refractivity contribution in [1.82, 2.24) is 9.80 Å². The molecule has 128 valence electrons. The van der Waals surface area contributed by atoms with Crippen molar-refractivity contribution in [3.63, 3.8) is 0 Å². The fourth-order valence-corrected chi connectivity index (χ4v) is 3.12. The van der Waals surface area contributed by atoms with Crippen molar-refractivity contribution in [1.29, 1.82) is 0 Å². The van der Waals surface area contributed by atoms with E-state index < -0.39 is 0 Å². The predicted octanol–water partition coefficient (Wildman–Crippen LogP) is 1.93. The van der Waals surface area contributed by atoms with Crippen LogP contribution in [-0.4, -0.2) is 75.3 Å². The molecule has 1 aromatic heterocycles. The molecule has 0 N–H and O–H groups in total. The maximum Gasteiger partial charge on any atom is 0.295 e. The van der Waals surface area contributed by atoms with Gasteiger partial charge in [0.05, 0.1) is 11.5 Å². The van der Waals surface area contributed by atoms with Gasteiger partial charge in [0.1, 0.15) is 6.61 Å². The molecule has 0 unspecified atom stereocenters. The molecule has 1 amide bonds. The molecule has 7 heteroatoms. The van der Waals surface area contributed by atoms with Crippen molar-refractivity contribution in [3.05, 3.63) is 22.4 Å². The highest BCUT2D eigenvalue weighted by Gasteiger charge is 2.24. The standard InChI is InChI=1S/C16H25N3O3S/c1-18-8-6-13(7-9-18)19(2)16(22-11-10-21-3)17-15(20)14-5-4-12-23-14/h4-5,12-13H,6-11H2,1-3H3. The molecule has 1 aliphatic rings. The molecular weight excluding hydrogens is 314 g/mol. The molecule has 0 saturated carbocycles. The lowest BCUT2D eigenvalue weighted by Gasteiger charge is -2.35. The van der Waals surface area contributed by atoms with Gasteiger partial charge in [0.25, 0.3) is 11.9 Å². The van der Waals surface area contributed by atoms with Gasteiger partial charge < -0.3 is 19.3 Å². The first-order valence-corrected chi connectivity index (χ1v) is 8.69. The van der Waals surface area contributed by atoms with E-state index in [-0.39, 0.29) is 5.91 Å². The number of aliphatic imine (C=N–C) groups is 1. The number of thiophene rings is 1. The number of ether oxygens (including phenoxy) is 2. The Morgan fingerprint density at radius 2 is 2.17 bits per heavy atom.